The van der Waals surface area contributed by atoms with Gasteiger partial charge in [-0.3, -0.25) is 10.2 Å². The summed E-state index contributed by atoms with van der Waals surface area (Å²) in [7, 11) is 0. The van der Waals surface area contributed by atoms with E-state index >= 15 is 0 Å². The van der Waals surface area contributed by atoms with Crippen molar-refractivity contribution in [1.82, 2.24) is 25.4 Å². The summed E-state index contributed by atoms with van der Waals surface area (Å²) in [6.45, 7) is 4.37. The summed E-state index contributed by atoms with van der Waals surface area (Å²) in [5, 5.41) is 14.4. The fraction of sp³-hybridized carbons (Fsp3) is 0.312. The van der Waals surface area contributed by atoms with Crippen LogP contribution in [0.4, 0.5) is 5.82 Å². The van der Waals surface area contributed by atoms with E-state index in [1.54, 1.807) is 0 Å². The van der Waals surface area contributed by atoms with E-state index in [1.165, 1.54) is 0 Å². The van der Waals surface area contributed by atoms with E-state index in [0.717, 1.165) is 35.5 Å². The number of aromatic nitrogens is 5. The SMILES string of the molecule is CCC(C)Cc1nc(-c2[nH]nc(N)c2-c2ccccc2)n[nH]1. The lowest BCUT2D eigenvalue weighted by Crippen LogP contribution is -1.99. The molecule has 0 bridgehead atoms. The normalized spacial score (nSPS) is 12.5. The van der Waals surface area contributed by atoms with Crippen molar-refractivity contribution in [1.29, 1.82) is 0 Å². The Kier molecular flexibility index (Phi) is 3.91. The monoisotopic (exact) mass is 296 g/mol. The minimum atomic E-state index is 0.453. The van der Waals surface area contributed by atoms with Crippen LogP contribution in [0.2, 0.25) is 0 Å². The Morgan fingerprint density at radius 2 is 1.91 bits per heavy atom. The third kappa shape index (κ3) is 2.72. The van der Waals surface area contributed by atoms with Crippen LogP contribution in [-0.2, 0) is 6.42 Å². The Morgan fingerprint density at radius 1 is 1.14 bits per heavy atom. The van der Waals surface area contributed by atoms with Crippen molar-refractivity contribution in [3.8, 4) is 22.6 Å². The van der Waals surface area contributed by atoms with Gasteiger partial charge < -0.3 is 5.73 Å². The Bertz CT molecular complexity index is 743. The summed E-state index contributed by atoms with van der Waals surface area (Å²) in [4.78, 5) is 4.57. The van der Waals surface area contributed by atoms with E-state index in [1.807, 2.05) is 30.3 Å². The summed E-state index contributed by atoms with van der Waals surface area (Å²) >= 11 is 0. The van der Waals surface area contributed by atoms with Crippen molar-refractivity contribution in [2.45, 2.75) is 26.7 Å². The first-order valence-electron chi connectivity index (χ1n) is 7.50. The van der Waals surface area contributed by atoms with Gasteiger partial charge in [-0.05, 0) is 11.5 Å². The lowest BCUT2D eigenvalue weighted by atomic mass is 10.0. The zero-order chi connectivity index (χ0) is 15.5. The number of rotatable bonds is 5. The Labute approximate surface area is 129 Å². The molecule has 22 heavy (non-hydrogen) atoms. The van der Waals surface area contributed by atoms with Gasteiger partial charge >= 0.3 is 0 Å². The quantitative estimate of drug-likeness (QED) is 0.674. The highest BCUT2D eigenvalue weighted by Crippen LogP contribution is 2.32. The minimum Gasteiger partial charge on any atom is -0.382 e. The van der Waals surface area contributed by atoms with Gasteiger partial charge in [-0.15, -0.1) is 0 Å². The number of nitrogens with zero attached hydrogens (tertiary/aromatic N) is 3. The highest BCUT2D eigenvalue weighted by Gasteiger charge is 2.18. The van der Waals surface area contributed by atoms with Crippen molar-refractivity contribution in [2.75, 3.05) is 5.73 Å². The molecular weight excluding hydrogens is 276 g/mol. The third-order valence-corrected chi connectivity index (χ3v) is 3.85. The summed E-state index contributed by atoms with van der Waals surface area (Å²) in [5.41, 5.74) is 8.60. The van der Waals surface area contributed by atoms with E-state index in [4.69, 9.17) is 5.73 Å². The molecule has 1 aromatic carbocycles. The predicted octanol–water partition coefficient (Wildman–Crippen LogP) is 3.03. The summed E-state index contributed by atoms with van der Waals surface area (Å²) in [6, 6.07) is 9.90. The molecule has 0 aliphatic heterocycles. The second-order valence-electron chi connectivity index (χ2n) is 5.55. The molecular formula is C16H20N6. The van der Waals surface area contributed by atoms with Crippen LogP contribution in [0.25, 0.3) is 22.6 Å². The molecule has 0 spiro atoms. The molecule has 0 saturated carbocycles. The topological polar surface area (TPSA) is 96.3 Å². The number of hydrogen-bond donors (Lipinski definition) is 3. The van der Waals surface area contributed by atoms with Crippen LogP contribution >= 0.6 is 0 Å². The van der Waals surface area contributed by atoms with Crippen molar-refractivity contribution in [2.24, 2.45) is 5.92 Å². The van der Waals surface area contributed by atoms with Crippen LogP contribution < -0.4 is 5.73 Å². The van der Waals surface area contributed by atoms with Gasteiger partial charge in [0.2, 0.25) is 0 Å². The molecule has 0 saturated heterocycles. The Morgan fingerprint density at radius 3 is 2.64 bits per heavy atom. The van der Waals surface area contributed by atoms with Gasteiger partial charge in [0.05, 0.1) is 5.56 Å². The lowest BCUT2D eigenvalue weighted by molar-refractivity contribution is 0.544. The van der Waals surface area contributed by atoms with Crippen LogP contribution in [0.15, 0.2) is 30.3 Å². The smallest absolute Gasteiger partial charge is 0.199 e. The second-order valence-corrected chi connectivity index (χ2v) is 5.55. The maximum Gasteiger partial charge on any atom is 0.199 e. The molecule has 0 aliphatic rings. The van der Waals surface area contributed by atoms with Crippen LogP contribution in [0.3, 0.4) is 0 Å². The van der Waals surface area contributed by atoms with Gasteiger partial charge in [0.15, 0.2) is 11.6 Å². The summed E-state index contributed by atoms with van der Waals surface area (Å²) < 4.78 is 0. The Hall–Kier alpha value is -2.63. The highest BCUT2D eigenvalue weighted by atomic mass is 15.2. The predicted molar refractivity (Wildman–Crippen MR) is 87.0 cm³/mol. The largest absolute Gasteiger partial charge is 0.382 e. The van der Waals surface area contributed by atoms with E-state index in [9.17, 15) is 0 Å². The molecule has 1 atom stereocenters. The molecule has 0 fully saturated rings. The number of aromatic amines is 2. The number of hydrogen-bond acceptors (Lipinski definition) is 4. The van der Waals surface area contributed by atoms with Crippen molar-refractivity contribution in [3.63, 3.8) is 0 Å². The first-order valence-corrected chi connectivity index (χ1v) is 7.50. The fourth-order valence-corrected chi connectivity index (χ4v) is 2.39. The van der Waals surface area contributed by atoms with Gasteiger partial charge in [-0.25, -0.2) is 4.98 Å². The average Bonchev–Trinajstić information content (AvgIpc) is 3.14. The van der Waals surface area contributed by atoms with Gasteiger partial charge in [-0.1, -0.05) is 50.6 Å². The van der Waals surface area contributed by atoms with Crippen LogP contribution in [-0.4, -0.2) is 25.4 Å². The second kappa shape index (κ2) is 6.01. The molecule has 2 heterocycles. The summed E-state index contributed by atoms with van der Waals surface area (Å²) in [6.07, 6.45) is 2.00. The number of H-pyrrole nitrogens is 2. The molecule has 4 N–H and O–H groups in total. The van der Waals surface area contributed by atoms with Crippen molar-refractivity contribution >= 4 is 5.82 Å². The molecule has 0 amide bonds. The fourth-order valence-electron chi connectivity index (χ4n) is 2.39. The maximum absolute atomic E-state index is 6.01. The van der Waals surface area contributed by atoms with Crippen molar-refractivity contribution < 1.29 is 0 Å². The molecule has 6 heteroatoms. The van der Waals surface area contributed by atoms with Gasteiger partial charge in [0.25, 0.3) is 0 Å². The number of nitrogen functional groups attached to an aromatic ring is 1. The molecule has 1 unspecified atom stereocenters. The van der Waals surface area contributed by atoms with Crippen LogP contribution in [0.1, 0.15) is 26.1 Å². The molecule has 2 aromatic heterocycles. The zero-order valence-corrected chi connectivity index (χ0v) is 12.8. The molecule has 0 radical (unpaired) electrons. The molecule has 6 nitrogen and oxygen atoms in total. The minimum absolute atomic E-state index is 0.453. The van der Waals surface area contributed by atoms with Gasteiger partial charge in [0.1, 0.15) is 11.5 Å². The summed E-state index contributed by atoms with van der Waals surface area (Å²) in [5.74, 6) is 2.51. The maximum atomic E-state index is 6.01. The average molecular weight is 296 g/mol. The standard InChI is InChI=1S/C16H20N6/c1-3-10(2)9-12-18-16(22-19-12)14-13(15(17)21-20-14)11-7-5-4-6-8-11/h4-8,10H,3,9H2,1-2H3,(H3,17,20,21)(H,18,19,22). The van der Waals surface area contributed by atoms with Crippen molar-refractivity contribution in [3.05, 3.63) is 36.2 Å². The first kappa shape index (κ1) is 14.3. The van der Waals surface area contributed by atoms with Gasteiger partial charge in [0, 0.05) is 6.42 Å². The van der Waals surface area contributed by atoms with Crippen LogP contribution in [0.5, 0.6) is 0 Å². The Balaban J connectivity index is 1.97. The first-order chi connectivity index (χ1) is 10.7. The zero-order valence-electron chi connectivity index (χ0n) is 12.8. The molecule has 0 aliphatic carbocycles. The van der Waals surface area contributed by atoms with E-state index in [-0.39, 0.29) is 0 Å². The molecule has 3 aromatic rings. The lowest BCUT2D eigenvalue weighted by Gasteiger charge is -2.03. The van der Waals surface area contributed by atoms with E-state index in [2.05, 4.69) is 39.2 Å². The van der Waals surface area contributed by atoms with E-state index < -0.39 is 0 Å². The van der Waals surface area contributed by atoms with Crippen LogP contribution in [0, 0.1) is 5.92 Å². The number of nitrogens with one attached hydrogen (secondary N) is 2. The number of benzene rings is 1. The molecule has 114 valence electrons. The molecule has 3 rings (SSSR count). The van der Waals surface area contributed by atoms with E-state index in [0.29, 0.717) is 17.6 Å². The number of nitrogens with two attached hydrogens (primary N) is 1. The third-order valence-electron chi connectivity index (χ3n) is 3.85. The highest BCUT2D eigenvalue weighted by molar-refractivity contribution is 5.85. The number of anilines is 1. The van der Waals surface area contributed by atoms with Gasteiger partial charge in [-0.2, -0.15) is 10.2 Å².